The normalized spacial score (nSPS) is 19.2. The Balaban J connectivity index is 2.30. The summed E-state index contributed by atoms with van der Waals surface area (Å²) in [6.07, 6.45) is 0.430. The van der Waals surface area contributed by atoms with Gasteiger partial charge in [-0.05, 0) is 23.8 Å². The van der Waals surface area contributed by atoms with Crippen LogP contribution < -0.4 is 5.32 Å². The van der Waals surface area contributed by atoms with E-state index in [-0.39, 0.29) is 5.75 Å². The van der Waals surface area contributed by atoms with E-state index in [9.17, 15) is 4.79 Å². The number of carboxylic acid groups (broad SMARTS) is 1. The molecule has 4 heteroatoms. The van der Waals surface area contributed by atoms with E-state index in [1.807, 2.05) is 0 Å². The number of carboxylic acids is 1. The number of carbonyl (C=O) groups is 1. The van der Waals surface area contributed by atoms with Crippen LogP contribution in [0.2, 0.25) is 0 Å². The van der Waals surface area contributed by atoms with Crippen LogP contribution in [0.5, 0.6) is 5.75 Å². The number of hydrogen-bond donors (Lipinski definition) is 3. The van der Waals surface area contributed by atoms with E-state index in [4.69, 9.17) is 10.2 Å². The Bertz CT molecular complexity index is 362. The van der Waals surface area contributed by atoms with Crippen molar-refractivity contribution < 1.29 is 15.0 Å². The molecule has 13 heavy (non-hydrogen) atoms. The summed E-state index contributed by atoms with van der Waals surface area (Å²) in [6.45, 7) is 0. The van der Waals surface area contributed by atoms with Gasteiger partial charge < -0.3 is 15.5 Å². The molecule has 4 nitrogen and oxygen atoms in total. The van der Waals surface area contributed by atoms with Crippen LogP contribution in [0.1, 0.15) is 5.56 Å². The van der Waals surface area contributed by atoms with Gasteiger partial charge in [-0.3, -0.25) is 0 Å². The molecule has 0 saturated heterocycles. The zero-order valence-corrected chi connectivity index (χ0v) is 6.82. The van der Waals surface area contributed by atoms with E-state index < -0.39 is 12.0 Å². The Labute approximate surface area is 74.8 Å². The molecular formula is C9H9NO3. The second-order valence-electron chi connectivity index (χ2n) is 3.08. The molecule has 0 bridgehead atoms. The van der Waals surface area contributed by atoms with Gasteiger partial charge >= 0.3 is 5.97 Å². The Kier molecular flexibility index (Phi) is 1.62. The largest absolute Gasteiger partial charge is 0.508 e. The minimum atomic E-state index is -0.865. The summed E-state index contributed by atoms with van der Waals surface area (Å²) in [5.41, 5.74) is 1.65. The Morgan fingerprint density at radius 2 is 2.31 bits per heavy atom. The van der Waals surface area contributed by atoms with Crippen LogP contribution in [-0.2, 0) is 11.2 Å². The number of anilines is 1. The van der Waals surface area contributed by atoms with Gasteiger partial charge in [-0.1, -0.05) is 0 Å². The van der Waals surface area contributed by atoms with Gasteiger partial charge in [0.15, 0.2) is 0 Å². The smallest absolute Gasteiger partial charge is 0.326 e. The Morgan fingerprint density at radius 1 is 1.54 bits per heavy atom. The van der Waals surface area contributed by atoms with Crippen molar-refractivity contribution in [3.63, 3.8) is 0 Å². The van der Waals surface area contributed by atoms with Crippen molar-refractivity contribution in [2.24, 2.45) is 0 Å². The number of phenols is 1. The summed E-state index contributed by atoms with van der Waals surface area (Å²) in [5, 5.41) is 20.7. The highest BCUT2D eigenvalue weighted by atomic mass is 16.4. The lowest BCUT2D eigenvalue weighted by Gasteiger charge is -2.03. The maximum absolute atomic E-state index is 10.6. The number of fused-ring (bicyclic) bond motifs is 1. The molecule has 0 aromatic heterocycles. The van der Waals surface area contributed by atoms with Crippen LogP contribution in [-0.4, -0.2) is 22.2 Å². The maximum Gasteiger partial charge on any atom is 0.326 e. The van der Waals surface area contributed by atoms with Gasteiger partial charge in [0.25, 0.3) is 0 Å². The van der Waals surface area contributed by atoms with Crippen molar-refractivity contribution in [3.05, 3.63) is 23.8 Å². The molecule has 1 aromatic carbocycles. The summed E-state index contributed by atoms with van der Waals surface area (Å²) < 4.78 is 0. The molecule has 0 saturated carbocycles. The first kappa shape index (κ1) is 7.91. The molecule has 1 heterocycles. The molecule has 3 N–H and O–H groups in total. The van der Waals surface area contributed by atoms with Gasteiger partial charge in [0.2, 0.25) is 0 Å². The summed E-state index contributed by atoms with van der Waals surface area (Å²) in [5.74, 6) is -0.692. The van der Waals surface area contributed by atoms with Crippen molar-refractivity contribution in [2.75, 3.05) is 5.32 Å². The average molecular weight is 179 g/mol. The van der Waals surface area contributed by atoms with E-state index in [0.29, 0.717) is 6.42 Å². The fraction of sp³-hybridized carbons (Fsp3) is 0.222. The lowest BCUT2D eigenvalue weighted by molar-refractivity contribution is -0.137. The molecule has 0 amide bonds. The Morgan fingerprint density at radius 3 is 3.00 bits per heavy atom. The fourth-order valence-electron chi connectivity index (χ4n) is 1.50. The SMILES string of the molecule is O=C(O)[C@H]1Cc2cc(O)ccc2N1. The third-order valence-electron chi connectivity index (χ3n) is 2.14. The lowest BCUT2D eigenvalue weighted by atomic mass is 10.1. The predicted octanol–water partition coefficient (Wildman–Crippen LogP) is 0.813. The minimum absolute atomic E-state index is 0.173. The second kappa shape index (κ2) is 2.65. The third-order valence-corrected chi connectivity index (χ3v) is 2.14. The summed E-state index contributed by atoms with van der Waals surface area (Å²) >= 11 is 0. The minimum Gasteiger partial charge on any atom is -0.508 e. The Hall–Kier alpha value is -1.71. The van der Waals surface area contributed by atoms with Crippen LogP contribution >= 0.6 is 0 Å². The van der Waals surface area contributed by atoms with E-state index >= 15 is 0 Å². The molecule has 68 valence electrons. The van der Waals surface area contributed by atoms with Crippen LogP contribution in [0.3, 0.4) is 0 Å². The molecule has 0 unspecified atom stereocenters. The van der Waals surface area contributed by atoms with Gasteiger partial charge in [-0.2, -0.15) is 0 Å². The first-order valence-electron chi connectivity index (χ1n) is 3.98. The van der Waals surface area contributed by atoms with Gasteiger partial charge in [0.05, 0.1) is 0 Å². The topological polar surface area (TPSA) is 69.6 Å². The zero-order chi connectivity index (χ0) is 9.42. The summed E-state index contributed by atoms with van der Waals surface area (Å²) in [4.78, 5) is 10.6. The van der Waals surface area contributed by atoms with Gasteiger partial charge in [0, 0.05) is 12.1 Å². The number of hydrogen-bond acceptors (Lipinski definition) is 3. The summed E-state index contributed by atoms with van der Waals surface area (Å²) in [6, 6.07) is 4.26. The number of aliphatic carboxylic acids is 1. The number of aromatic hydroxyl groups is 1. The molecule has 1 aromatic rings. The van der Waals surface area contributed by atoms with Crippen molar-refractivity contribution in [1.29, 1.82) is 0 Å². The number of nitrogens with one attached hydrogen (secondary N) is 1. The number of benzene rings is 1. The average Bonchev–Trinajstić information content (AvgIpc) is 2.46. The number of rotatable bonds is 1. The first-order valence-corrected chi connectivity index (χ1v) is 3.98. The molecule has 0 aliphatic carbocycles. The quantitative estimate of drug-likeness (QED) is 0.558. The van der Waals surface area contributed by atoms with E-state index in [2.05, 4.69) is 5.32 Å². The van der Waals surface area contributed by atoms with Crippen molar-refractivity contribution in [2.45, 2.75) is 12.5 Å². The van der Waals surface area contributed by atoms with Crippen molar-refractivity contribution in [3.8, 4) is 5.75 Å². The van der Waals surface area contributed by atoms with Crippen LogP contribution in [0, 0.1) is 0 Å². The van der Waals surface area contributed by atoms with E-state index in [0.717, 1.165) is 11.3 Å². The predicted molar refractivity (Wildman–Crippen MR) is 46.9 cm³/mol. The fourth-order valence-corrected chi connectivity index (χ4v) is 1.50. The van der Waals surface area contributed by atoms with Crippen molar-refractivity contribution in [1.82, 2.24) is 0 Å². The van der Waals surface area contributed by atoms with Crippen LogP contribution in [0.25, 0.3) is 0 Å². The van der Waals surface area contributed by atoms with Crippen molar-refractivity contribution >= 4 is 11.7 Å². The van der Waals surface area contributed by atoms with Gasteiger partial charge in [-0.25, -0.2) is 4.79 Å². The molecular weight excluding hydrogens is 170 g/mol. The molecule has 1 aliphatic heterocycles. The maximum atomic E-state index is 10.6. The highest BCUT2D eigenvalue weighted by Crippen LogP contribution is 2.28. The van der Waals surface area contributed by atoms with E-state index in [1.165, 1.54) is 6.07 Å². The zero-order valence-electron chi connectivity index (χ0n) is 6.82. The second-order valence-corrected chi connectivity index (χ2v) is 3.08. The van der Waals surface area contributed by atoms with Crippen LogP contribution in [0.4, 0.5) is 5.69 Å². The highest BCUT2D eigenvalue weighted by Gasteiger charge is 2.26. The molecule has 0 fully saturated rings. The molecule has 0 radical (unpaired) electrons. The third kappa shape index (κ3) is 1.30. The highest BCUT2D eigenvalue weighted by molar-refractivity contribution is 5.81. The standard InChI is InChI=1S/C9H9NO3/c11-6-1-2-7-5(3-6)4-8(10-7)9(12)13/h1-3,8,10-11H,4H2,(H,12,13)/t8-/m1/s1. The van der Waals surface area contributed by atoms with Crippen LogP contribution in [0.15, 0.2) is 18.2 Å². The molecule has 1 atom stereocenters. The van der Waals surface area contributed by atoms with Gasteiger partial charge in [-0.15, -0.1) is 0 Å². The molecule has 2 rings (SSSR count). The summed E-state index contributed by atoms with van der Waals surface area (Å²) in [7, 11) is 0. The number of phenolic OH excluding ortho intramolecular Hbond substituents is 1. The van der Waals surface area contributed by atoms with Gasteiger partial charge in [0.1, 0.15) is 11.8 Å². The first-order chi connectivity index (χ1) is 6.16. The van der Waals surface area contributed by atoms with E-state index in [1.54, 1.807) is 12.1 Å². The monoisotopic (exact) mass is 179 g/mol. The molecule has 0 spiro atoms. The molecule has 1 aliphatic rings. The lowest BCUT2D eigenvalue weighted by Crippen LogP contribution is -2.26.